The normalized spacial score (nSPS) is 19.6. The van der Waals surface area contributed by atoms with E-state index in [1.165, 1.54) is 5.56 Å². The average molecular weight is 687 g/mol. The number of morpholine rings is 1. The van der Waals surface area contributed by atoms with E-state index in [1.54, 1.807) is 6.20 Å². The molecule has 3 saturated heterocycles. The zero-order chi connectivity index (χ0) is 35.1. The standard InChI is InChI=1S/C26H30N6O2.2C2HF3O2/c33-26-17-24-23(31(26)19-20-2-4-22(5-3-20)32-10-1-8-28-32)7-11-30(24)18-21-6-9-27-25(16-21)29-12-14-34-15-13-29;2*3-2(4,5)1(6)7/h1-6,8-10,16,23-24H,7,11-15,17-19H2;2*(H,6,7)/t23-,24-;;/m0../s1. The van der Waals surface area contributed by atoms with Gasteiger partial charge in [-0.05, 0) is 47.9 Å². The maximum Gasteiger partial charge on any atom is 0.490 e. The number of pyridine rings is 1. The molecule has 0 aliphatic carbocycles. The molecule has 18 heteroatoms. The highest BCUT2D eigenvalue weighted by Crippen LogP contribution is 2.35. The number of amides is 1. The predicted octanol–water partition coefficient (Wildman–Crippen LogP) is 3.75. The number of carbonyl (C=O) groups excluding carboxylic acids is 1. The number of anilines is 1. The number of hydrogen-bond acceptors (Lipinski definition) is 8. The third-order valence-electron chi connectivity index (χ3n) is 7.80. The fourth-order valence-electron chi connectivity index (χ4n) is 5.54. The van der Waals surface area contributed by atoms with Crippen LogP contribution in [-0.4, -0.2) is 110 Å². The zero-order valence-corrected chi connectivity index (χ0v) is 25.3. The first-order valence-corrected chi connectivity index (χ1v) is 14.6. The molecule has 12 nitrogen and oxygen atoms in total. The topological polar surface area (TPSA) is 141 Å². The van der Waals surface area contributed by atoms with Crippen molar-refractivity contribution in [1.29, 1.82) is 0 Å². The molecule has 3 aromatic rings. The molecule has 48 heavy (non-hydrogen) atoms. The number of carbonyl (C=O) groups is 3. The summed E-state index contributed by atoms with van der Waals surface area (Å²) in [6, 6.07) is 15.1. The summed E-state index contributed by atoms with van der Waals surface area (Å²) in [5, 5.41) is 18.5. The van der Waals surface area contributed by atoms with Gasteiger partial charge in [0.1, 0.15) is 5.82 Å². The molecule has 3 aliphatic rings. The minimum atomic E-state index is -5.08. The highest BCUT2D eigenvalue weighted by molar-refractivity contribution is 5.80. The quantitative estimate of drug-likeness (QED) is 0.369. The maximum absolute atomic E-state index is 13.0. The molecule has 0 bridgehead atoms. The number of benzene rings is 1. The Hall–Kier alpha value is -4.71. The van der Waals surface area contributed by atoms with Gasteiger partial charge >= 0.3 is 24.3 Å². The highest BCUT2D eigenvalue weighted by Gasteiger charge is 2.46. The molecule has 0 unspecified atom stereocenters. The number of carboxylic acids is 2. The first kappa shape index (κ1) is 36.1. The van der Waals surface area contributed by atoms with Gasteiger partial charge in [0, 0.05) is 69.8 Å². The molecule has 1 amide bonds. The second kappa shape index (κ2) is 15.5. The van der Waals surface area contributed by atoms with Crippen molar-refractivity contribution >= 4 is 23.7 Å². The summed E-state index contributed by atoms with van der Waals surface area (Å²) >= 11 is 0. The van der Waals surface area contributed by atoms with Crippen LogP contribution in [-0.2, 0) is 32.2 Å². The molecule has 5 heterocycles. The first-order chi connectivity index (χ1) is 22.6. The van der Waals surface area contributed by atoms with Gasteiger partial charge in [-0.15, -0.1) is 0 Å². The van der Waals surface area contributed by atoms with Crippen LogP contribution in [0.1, 0.15) is 24.0 Å². The highest BCUT2D eigenvalue weighted by atomic mass is 19.4. The number of carboxylic acid groups (broad SMARTS) is 2. The Kier molecular flexibility index (Phi) is 11.6. The summed E-state index contributed by atoms with van der Waals surface area (Å²) in [5.74, 6) is -4.22. The molecule has 260 valence electrons. The third-order valence-corrected chi connectivity index (χ3v) is 7.80. The van der Waals surface area contributed by atoms with Crippen LogP contribution in [0, 0.1) is 0 Å². The van der Waals surface area contributed by atoms with Crippen molar-refractivity contribution in [3.05, 3.63) is 72.2 Å². The van der Waals surface area contributed by atoms with Crippen LogP contribution in [0.2, 0.25) is 0 Å². The van der Waals surface area contributed by atoms with Crippen LogP contribution in [0.25, 0.3) is 5.69 Å². The first-order valence-electron chi connectivity index (χ1n) is 14.6. The van der Waals surface area contributed by atoms with Crippen molar-refractivity contribution in [2.24, 2.45) is 0 Å². The van der Waals surface area contributed by atoms with Gasteiger partial charge in [-0.2, -0.15) is 31.4 Å². The Morgan fingerprint density at radius 2 is 1.48 bits per heavy atom. The Labute approximate surface area is 270 Å². The van der Waals surface area contributed by atoms with Gasteiger partial charge in [0.2, 0.25) is 5.91 Å². The molecule has 0 saturated carbocycles. The number of rotatable bonds is 6. The fourth-order valence-corrected chi connectivity index (χ4v) is 5.54. The van der Waals surface area contributed by atoms with E-state index in [2.05, 4.69) is 61.2 Å². The smallest absolute Gasteiger partial charge is 0.475 e. The van der Waals surface area contributed by atoms with Gasteiger partial charge in [0.15, 0.2) is 0 Å². The van der Waals surface area contributed by atoms with Gasteiger partial charge < -0.3 is 24.7 Å². The Morgan fingerprint density at radius 1 is 0.854 bits per heavy atom. The van der Waals surface area contributed by atoms with Gasteiger partial charge in [-0.3, -0.25) is 9.69 Å². The summed E-state index contributed by atoms with van der Waals surface area (Å²) in [7, 11) is 0. The van der Waals surface area contributed by atoms with E-state index < -0.39 is 24.3 Å². The van der Waals surface area contributed by atoms with Crippen LogP contribution in [0.3, 0.4) is 0 Å². The lowest BCUT2D eigenvalue weighted by Crippen LogP contribution is -2.37. The SMILES string of the molecule is O=C(O)C(F)(F)F.O=C(O)C(F)(F)F.O=C1C[C@H]2[C@H](CCN2Cc2ccnc(N3CCOCC3)c2)N1Cc1ccc(-n2cccn2)cc1. The van der Waals surface area contributed by atoms with Gasteiger partial charge in [-0.1, -0.05) is 12.1 Å². The van der Waals surface area contributed by atoms with Crippen molar-refractivity contribution in [3.8, 4) is 5.69 Å². The van der Waals surface area contributed by atoms with E-state index in [9.17, 15) is 31.1 Å². The van der Waals surface area contributed by atoms with E-state index in [-0.39, 0.29) is 11.9 Å². The molecule has 3 fully saturated rings. The summed E-state index contributed by atoms with van der Waals surface area (Å²) < 4.78 is 70.8. The van der Waals surface area contributed by atoms with Gasteiger partial charge in [0.05, 0.1) is 18.9 Å². The predicted molar refractivity (Wildman–Crippen MR) is 156 cm³/mol. The van der Waals surface area contributed by atoms with Crippen molar-refractivity contribution in [2.75, 3.05) is 37.7 Å². The molecule has 1 aromatic carbocycles. The minimum absolute atomic E-state index is 0.264. The summed E-state index contributed by atoms with van der Waals surface area (Å²) in [4.78, 5) is 42.2. The van der Waals surface area contributed by atoms with Crippen LogP contribution in [0.4, 0.5) is 32.2 Å². The van der Waals surface area contributed by atoms with E-state index in [4.69, 9.17) is 24.5 Å². The van der Waals surface area contributed by atoms with Crippen molar-refractivity contribution in [2.45, 2.75) is 50.4 Å². The van der Waals surface area contributed by atoms with Crippen molar-refractivity contribution in [3.63, 3.8) is 0 Å². The van der Waals surface area contributed by atoms with Crippen LogP contribution < -0.4 is 4.90 Å². The number of halogens is 6. The zero-order valence-electron chi connectivity index (χ0n) is 25.3. The molecule has 2 atom stereocenters. The molecular weight excluding hydrogens is 654 g/mol. The van der Waals surface area contributed by atoms with E-state index in [1.807, 2.05) is 23.1 Å². The number of hydrogen-bond donors (Lipinski definition) is 2. The largest absolute Gasteiger partial charge is 0.490 e. The second-order valence-electron chi connectivity index (χ2n) is 11.0. The Bertz CT molecular complexity index is 1510. The Morgan fingerprint density at radius 3 is 2.04 bits per heavy atom. The van der Waals surface area contributed by atoms with Crippen LogP contribution >= 0.6 is 0 Å². The number of nitrogens with zero attached hydrogens (tertiary/aromatic N) is 6. The molecule has 6 rings (SSSR count). The number of likely N-dealkylation sites (tertiary alicyclic amines) is 2. The van der Waals surface area contributed by atoms with E-state index in [0.29, 0.717) is 19.0 Å². The van der Waals surface area contributed by atoms with Crippen molar-refractivity contribution < 1.29 is 55.7 Å². The average Bonchev–Trinajstić information content (AvgIpc) is 3.78. The molecular formula is C30H32F6N6O6. The summed E-state index contributed by atoms with van der Waals surface area (Å²) in [6.07, 6.45) is -2.91. The summed E-state index contributed by atoms with van der Waals surface area (Å²) in [6.45, 7) is 5.84. The monoisotopic (exact) mass is 686 g/mol. The van der Waals surface area contributed by atoms with Gasteiger partial charge in [0.25, 0.3) is 0 Å². The van der Waals surface area contributed by atoms with Crippen LogP contribution in [0.5, 0.6) is 0 Å². The lowest BCUT2D eigenvalue weighted by atomic mass is 10.1. The van der Waals surface area contributed by atoms with E-state index >= 15 is 0 Å². The number of aliphatic carboxylic acids is 2. The lowest BCUT2D eigenvalue weighted by Gasteiger charge is -2.29. The number of fused-ring (bicyclic) bond motifs is 1. The van der Waals surface area contributed by atoms with Crippen LogP contribution in [0.15, 0.2) is 61.1 Å². The molecule has 3 aliphatic heterocycles. The lowest BCUT2D eigenvalue weighted by molar-refractivity contribution is -0.193. The number of aromatic nitrogens is 3. The van der Waals surface area contributed by atoms with E-state index in [0.717, 1.165) is 62.9 Å². The van der Waals surface area contributed by atoms with Gasteiger partial charge in [-0.25, -0.2) is 19.3 Å². The minimum Gasteiger partial charge on any atom is -0.475 e. The summed E-state index contributed by atoms with van der Waals surface area (Å²) in [5.41, 5.74) is 3.45. The second-order valence-corrected chi connectivity index (χ2v) is 11.0. The third kappa shape index (κ3) is 9.66. The fraction of sp³-hybridized carbons (Fsp3) is 0.433. The van der Waals surface area contributed by atoms with Crippen molar-refractivity contribution in [1.82, 2.24) is 24.6 Å². The molecule has 2 N–H and O–H groups in total. The molecule has 2 aromatic heterocycles. The molecule has 0 spiro atoms. The number of ether oxygens (including phenoxy) is 1. The maximum atomic E-state index is 13.0. The molecule has 0 radical (unpaired) electrons. The Balaban J connectivity index is 0.000000314. The number of alkyl halides is 6.